The van der Waals surface area contributed by atoms with Crippen LogP contribution in [0.2, 0.25) is 5.02 Å². The van der Waals surface area contributed by atoms with Crippen LogP contribution in [0.1, 0.15) is 11.1 Å². The number of anilines is 2. The van der Waals surface area contributed by atoms with Gasteiger partial charge in [0.25, 0.3) is 0 Å². The molecule has 6 nitrogen and oxygen atoms in total. The van der Waals surface area contributed by atoms with Gasteiger partial charge in [-0.3, -0.25) is 4.90 Å². The molecule has 6 rings (SSSR count). The molecule has 0 spiro atoms. The lowest BCUT2D eigenvalue weighted by Gasteiger charge is -2.36. The highest BCUT2D eigenvalue weighted by molar-refractivity contribution is 6.31. The first-order valence-corrected chi connectivity index (χ1v) is 12.0. The van der Waals surface area contributed by atoms with Gasteiger partial charge in [-0.15, -0.1) is 0 Å². The fourth-order valence-corrected chi connectivity index (χ4v) is 5.05. The van der Waals surface area contributed by atoms with Crippen molar-refractivity contribution in [1.82, 2.24) is 14.8 Å². The summed E-state index contributed by atoms with van der Waals surface area (Å²) < 4.78 is 0. The Morgan fingerprint density at radius 1 is 0.941 bits per heavy atom. The number of H-pyrrole nitrogens is 1. The minimum Gasteiger partial charge on any atom is -0.508 e. The van der Waals surface area contributed by atoms with Crippen LogP contribution >= 0.6 is 11.6 Å². The molecule has 1 aromatic heterocycles. The standard InChI is InChI=1S/C27H26ClN5O/c28-19-5-7-25-26(15-19)31-27(21-3-1-2-4-24(21)30-25)33-13-11-32(12-14-33)10-9-18-17-29-23-8-6-20(34)16-22(18)23/h1-8,15-17,29-30,34H,9-14H2. The summed E-state index contributed by atoms with van der Waals surface area (Å²) in [7, 11) is 0. The van der Waals surface area contributed by atoms with E-state index in [0.717, 1.165) is 78.5 Å². The lowest BCUT2D eigenvalue weighted by atomic mass is 10.1. The van der Waals surface area contributed by atoms with E-state index >= 15 is 0 Å². The van der Waals surface area contributed by atoms with Gasteiger partial charge in [-0.05, 0) is 60.5 Å². The number of hydrogen-bond donors (Lipinski definition) is 3. The molecule has 1 saturated heterocycles. The monoisotopic (exact) mass is 471 g/mol. The predicted octanol–water partition coefficient (Wildman–Crippen LogP) is 5.52. The Labute approximate surface area is 203 Å². The van der Waals surface area contributed by atoms with Crippen LogP contribution in [0.25, 0.3) is 10.9 Å². The molecule has 0 amide bonds. The summed E-state index contributed by atoms with van der Waals surface area (Å²) in [5.74, 6) is 1.31. The van der Waals surface area contributed by atoms with Crippen LogP contribution in [0.15, 0.2) is 71.9 Å². The first kappa shape index (κ1) is 21.1. The lowest BCUT2D eigenvalue weighted by Crippen LogP contribution is -2.49. The van der Waals surface area contributed by atoms with Crippen LogP contribution in [0.5, 0.6) is 5.75 Å². The largest absolute Gasteiger partial charge is 0.508 e. The van der Waals surface area contributed by atoms with E-state index in [1.54, 1.807) is 6.07 Å². The van der Waals surface area contributed by atoms with Crippen LogP contribution in [0.4, 0.5) is 17.1 Å². The van der Waals surface area contributed by atoms with Gasteiger partial charge in [-0.25, -0.2) is 4.99 Å². The molecular formula is C27H26ClN5O. The van der Waals surface area contributed by atoms with Gasteiger partial charge in [0.05, 0.1) is 11.4 Å². The second-order valence-corrected chi connectivity index (χ2v) is 9.33. The molecule has 34 heavy (non-hydrogen) atoms. The third-order valence-electron chi connectivity index (χ3n) is 6.74. The fourth-order valence-electron chi connectivity index (χ4n) is 4.89. The summed E-state index contributed by atoms with van der Waals surface area (Å²) in [6, 6.07) is 19.6. The zero-order chi connectivity index (χ0) is 23.1. The van der Waals surface area contributed by atoms with Crippen molar-refractivity contribution in [2.45, 2.75) is 6.42 Å². The zero-order valence-electron chi connectivity index (χ0n) is 18.8. The average Bonchev–Trinajstić information content (AvgIpc) is 3.17. The third kappa shape index (κ3) is 4.00. The van der Waals surface area contributed by atoms with Crippen LogP contribution in [-0.2, 0) is 6.42 Å². The van der Waals surface area contributed by atoms with E-state index in [2.05, 4.69) is 44.5 Å². The Kier molecular flexibility index (Phi) is 5.40. The highest BCUT2D eigenvalue weighted by Crippen LogP contribution is 2.36. The topological polar surface area (TPSA) is 66.9 Å². The fraction of sp³-hybridized carbons (Fsp3) is 0.222. The van der Waals surface area contributed by atoms with Gasteiger partial charge in [-0.2, -0.15) is 0 Å². The molecule has 2 aliphatic heterocycles. The minimum atomic E-state index is 0.309. The molecule has 7 heteroatoms. The molecule has 3 N–H and O–H groups in total. The van der Waals surface area contributed by atoms with Gasteiger partial charge in [-0.1, -0.05) is 23.7 Å². The van der Waals surface area contributed by atoms with Gasteiger partial charge in [0.15, 0.2) is 0 Å². The van der Waals surface area contributed by atoms with Gasteiger partial charge in [0, 0.05) is 66.1 Å². The van der Waals surface area contributed by atoms with Gasteiger partial charge in [0.2, 0.25) is 0 Å². The number of phenolic OH excluding ortho intramolecular Hbond substituents is 1. The molecule has 172 valence electrons. The second kappa shape index (κ2) is 8.70. The molecule has 3 heterocycles. The van der Waals surface area contributed by atoms with Gasteiger partial charge >= 0.3 is 0 Å². The van der Waals surface area contributed by atoms with Crippen molar-refractivity contribution < 1.29 is 5.11 Å². The number of piperazine rings is 1. The van der Waals surface area contributed by atoms with E-state index < -0.39 is 0 Å². The molecule has 2 aliphatic rings. The SMILES string of the molecule is Oc1ccc2[nH]cc(CCN3CCN(C4=Nc5cc(Cl)ccc5Nc5ccccc54)CC3)c2c1. The summed E-state index contributed by atoms with van der Waals surface area (Å²) in [6.07, 6.45) is 3.01. The number of aromatic nitrogens is 1. The van der Waals surface area contributed by atoms with Crippen LogP contribution in [-0.4, -0.2) is 58.4 Å². The number of nitrogens with zero attached hydrogens (tertiary/aromatic N) is 3. The van der Waals surface area contributed by atoms with Gasteiger partial charge < -0.3 is 20.3 Å². The van der Waals surface area contributed by atoms with Crippen molar-refractivity contribution in [1.29, 1.82) is 0 Å². The van der Waals surface area contributed by atoms with Crippen molar-refractivity contribution in [3.63, 3.8) is 0 Å². The van der Waals surface area contributed by atoms with E-state index in [-0.39, 0.29) is 0 Å². The maximum atomic E-state index is 9.86. The lowest BCUT2D eigenvalue weighted by molar-refractivity contribution is 0.184. The third-order valence-corrected chi connectivity index (χ3v) is 6.98. The molecule has 0 bridgehead atoms. The van der Waals surface area contributed by atoms with Crippen molar-refractivity contribution in [2.24, 2.45) is 4.99 Å². The Balaban J connectivity index is 1.18. The molecule has 0 atom stereocenters. The minimum absolute atomic E-state index is 0.309. The molecule has 0 saturated carbocycles. The number of para-hydroxylation sites is 1. The molecule has 0 radical (unpaired) electrons. The maximum Gasteiger partial charge on any atom is 0.138 e. The highest BCUT2D eigenvalue weighted by atomic mass is 35.5. The number of aromatic hydroxyl groups is 1. The van der Waals surface area contributed by atoms with E-state index in [4.69, 9.17) is 16.6 Å². The summed E-state index contributed by atoms with van der Waals surface area (Å²) in [4.78, 5) is 13.3. The van der Waals surface area contributed by atoms with Crippen LogP contribution in [0.3, 0.4) is 0 Å². The number of amidine groups is 1. The Bertz CT molecular complexity index is 1390. The first-order valence-electron chi connectivity index (χ1n) is 11.6. The van der Waals surface area contributed by atoms with Crippen molar-refractivity contribution in [3.8, 4) is 5.75 Å². The van der Waals surface area contributed by atoms with Crippen molar-refractivity contribution >= 4 is 45.4 Å². The second-order valence-electron chi connectivity index (χ2n) is 8.89. The molecule has 1 fully saturated rings. The van der Waals surface area contributed by atoms with E-state index in [0.29, 0.717) is 10.8 Å². The number of hydrogen-bond acceptors (Lipinski definition) is 5. The van der Waals surface area contributed by atoms with Crippen molar-refractivity contribution in [2.75, 3.05) is 38.0 Å². The Hall–Kier alpha value is -3.48. The highest BCUT2D eigenvalue weighted by Gasteiger charge is 2.25. The smallest absolute Gasteiger partial charge is 0.138 e. The maximum absolute atomic E-state index is 9.86. The van der Waals surface area contributed by atoms with E-state index in [1.165, 1.54) is 5.56 Å². The zero-order valence-corrected chi connectivity index (χ0v) is 19.5. The number of phenols is 1. The van der Waals surface area contributed by atoms with E-state index in [1.807, 2.05) is 36.4 Å². The molecule has 3 aromatic carbocycles. The number of rotatable bonds is 3. The first-order chi connectivity index (χ1) is 16.6. The summed E-state index contributed by atoms with van der Waals surface area (Å²) in [6.45, 7) is 4.77. The normalized spacial score (nSPS) is 15.9. The average molecular weight is 472 g/mol. The number of aromatic amines is 1. The quantitative estimate of drug-likeness (QED) is 0.368. The number of halogens is 1. The number of nitrogens with one attached hydrogen (secondary N) is 2. The predicted molar refractivity (Wildman–Crippen MR) is 139 cm³/mol. The number of aliphatic imine (C=N–C) groups is 1. The summed E-state index contributed by atoms with van der Waals surface area (Å²) in [5.41, 5.74) is 6.32. The molecule has 4 aromatic rings. The summed E-state index contributed by atoms with van der Waals surface area (Å²) in [5, 5.41) is 15.2. The van der Waals surface area contributed by atoms with E-state index in [9.17, 15) is 5.11 Å². The molecule has 0 aliphatic carbocycles. The molecule has 0 unspecified atom stereocenters. The number of fused-ring (bicyclic) bond motifs is 3. The van der Waals surface area contributed by atoms with Gasteiger partial charge in [0.1, 0.15) is 11.6 Å². The van der Waals surface area contributed by atoms with Crippen LogP contribution < -0.4 is 5.32 Å². The summed E-state index contributed by atoms with van der Waals surface area (Å²) >= 11 is 6.28. The van der Waals surface area contributed by atoms with Crippen molar-refractivity contribution in [3.05, 3.63) is 83.0 Å². The molecular weight excluding hydrogens is 446 g/mol. The Morgan fingerprint density at radius 2 is 1.79 bits per heavy atom. The Morgan fingerprint density at radius 3 is 2.68 bits per heavy atom. The van der Waals surface area contributed by atoms with Crippen LogP contribution in [0, 0.1) is 0 Å². The number of benzene rings is 3.